The number of amides is 1. The van der Waals surface area contributed by atoms with Crippen molar-refractivity contribution >= 4 is 40.0 Å². The van der Waals surface area contributed by atoms with Crippen molar-refractivity contribution in [3.63, 3.8) is 0 Å². The summed E-state index contributed by atoms with van der Waals surface area (Å²) in [5.41, 5.74) is 1.94. The fraction of sp³-hybridized carbons (Fsp3) is 0.167. The Labute approximate surface area is 204 Å². The second kappa shape index (κ2) is 11.0. The van der Waals surface area contributed by atoms with Crippen LogP contribution in [0.1, 0.15) is 16.2 Å². The Hall–Kier alpha value is -3.63. The molecule has 0 spiro atoms. The number of para-hydroxylation sites is 1. The molecule has 0 saturated heterocycles. The van der Waals surface area contributed by atoms with Crippen LogP contribution >= 0.6 is 23.1 Å². The summed E-state index contributed by atoms with van der Waals surface area (Å²) in [6.07, 6.45) is 0. The minimum atomic E-state index is -0.501. The van der Waals surface area contributed by atoms with Crippen LogP contribution in [0.2, 0.25) is 0 Å². The number of hydrogen-bond donors (Lipinski definition) is 1. The SMILES string of the molecule is COC(=O)c1c(-c2ccccc2)csc1NC(=O)CSc1nnc(COc2ccccc2)n1C. The van der Waals surface area contributed by atoms with Crippen molar-refractivity contribution in [2.24, 2.45) is 7.05 Å². The third-order valence-electron chi connectivity index (χ3n) is 4.89. The van der Waals surface area contributed by atoms with Crippen molar-refractivity contribution in [3.8, 4) is 16.9 Å². The molecule has 0 fully saturated rings. The first-order valence-corrected chi connectivity index (χ1v) is 12.2. The number of benzene rings is 2. The number of thioether (sulfide) groups is 1. The van der Waals surface area contributed by atoms with Gasteiger partial charge < -0.3 is 19.4 Å². The lowest BCUT2D eigenvalue weighted by atomic mass is 10.0. The molecule has 0 aliphatic heterocycles. The van der Waals surface area contributed by atoms with Gasteiger partial charge in [0.2, 0.25) is 5.91 Å². The molecule has 2 heterocycles. The highest BCUT2D eigenvalue weighted by molar-refractivity contribution is 7.99. The predicted octanol–water partition coefficient (Wildman–Crippen LogP) is 4.64. The maximum absolute atomic E-state index is 12.7. The van der Waals surface area contributed by atoms with E-state index in [1.54, 1.807) is 4.57 Å². The number of anilines is 1. The van der Waals surface area contributed by atoms with Gasteiger partial charge in [-0.15, -0.1) is 21.5 Å². The highest BCUT2D eigenvalue weighted by Gasteiger charge is 2.22. The normalized spacial score (nSPS) is 10.6. The molecule has 1 amide bonds. The van der Waals surface area contributed by atoms with E-state index >= 15 is 0 Å². The van der Waals surface area contributed by atoms with Gasteiger partial charge >= 0.3 is 5.97 Å². The Morgan fingerprint density at radius 1 is 1.06 bits per heavy atom. The number of hydrogen-bond acceptors (Lipinski definition) is 8. The van der Waals surface area contributed by atoms with E-state index in [0.29, 0.717) is 21.5 Å². The molecule has 0 radical (unpaired) electrons. The van der Waals surface area contributed by atoms with E-state index in [1.165, 1.54) is 30.2 Å². The van der Waals surface area contributed by atoms with Crippen LogP contribution in [-0.4, -0.2) is 39.5 Å². The number of nitrogens with zero attached hydrogens (tertiary/aromatic N) is 3. The lowest BCUT2D eigenvalue weighted by Crippen LogP contribution is -2.16. The summed E-state index contributed by atoms with van der Waals surface area (Å²) >= 11 is 2.54. The number of rotatable bonds is 9. The summed E-state index contributed by atoms with van der Waals surface area (Å²) in [5.74, 6) is 0.725. The molecule has 8 nitrogen and oxygen atoms in total. The second-order valence-electron chi connectivity index (χ2n) is 7.11. The fourth-order valence-electron chi connectivity index (χ4n) is 3.14. The quantitative estimate of drug-likeness (QED) is 0.267. The zero-order valence-corrected chi connectivity index (χ0v) is 20.2. The van der Waals surface area contributed by atoms with Crippen molar-refractivity contribution in [2.45, 2.75) is 11.8 Å². The van der Waals surface area contributed by atoms with Gasteiger partial charge in [-0.05, 0) is 17.7 Å². The maximum Gasteiger partial charge on any atom is 0.341 e. The number of carbonyl (C=O) groups is 2. The first-order valence-electron chi connectivity index (χ1n) is 10.3. The number of ether oxygens (including phenoxy) is 2. The second-order valence-corrected chi connectivity index (χ2v) is 8.93. The molecule has 34 heavy (non-hydrogen) atoms. The van der Waals surface area contributed by atoms with Gasteiger partial charge in [0.25, 0.3) is 0 Å². The van der Waals surface area contributed by atoms with E-state index in [0.717, 1.165) is 16.9 Å². The summed E-state index contributed by atoms with van der Waals surface area (Å²) in [5, 5.41) is 14.0. The van der Waals surface area contributed by atoms with E-state index in [-0.39, 0.29) is 18.3 Å². The number of nitrogens with one attached hydrogen (secondary N) is 1. The summed E-state index contributed by atoms with van der Waals surface area (Å²) in [7, 11) is 3.15. The molecule has 4 aromatic rings. The standard InChI is InChI=1S/C24H22N4O4S2/c1-28-19(13-32-17-11-7-4-8-12-17)26-27-24(28)34-15-20(29)25-22-21(23(30)31-2)18(14-33-22)16-9-5-3-6-10-16/h3-12,14H,13,15H2,1-2H3,(H,25,29). The number of esters is 1. The van der Waals surface area contributed by atoms with E-state index < -0.39 is 5.97 Å². The summed E-state index contributed by atoms with van der Waals surface area (Å²) < 4.78 is 12.5. The predicted molar refractivity (Wildman–Crippen MR) is 132 cm³/mol. The van der Waals surface area contributed by atoms with E-state index in [4.69, 9.17) is 9.47 Å². The number of thiophene rings is 1. The molecule has 174 valence electrons. The van der Waals surface area contributed by atoms with Crippen molar-refractivity contribution in [2.75, 3.05) is 18.2 Å². The topological polar surface area (TPSA) is 95.3 Å². The Bertz CT molecular complexity index is 1270. The van der Waals surface area contributed by atoms with Crippen molar-refractivity contribution in [1.82, 2.24) is 14.8 Å². The fourth-order valence-corrected chi connectivity index (χ4v) is 4.84. The maximum atomic E-state index is 12.7. The molecular formula is C24H22N4O4S2. The first kappa shape index (κ1) is 23.5. The third kappa shape index (κ3) is 5.46. The van der Waals surface area contributed by atoms with E-state index in [2.05, 4.69) is 15.5 Å². The molecular weight excluding hydrogens is 472 g/mol. The Morgan fingerprint density at radius 2 is 1.76 bits per heavy atom. The van der Waals surface area contributed by atoms with Crippen LogP contribution in [0.5, 0.6) is 5.75 Å². The van der Waals surface area contributed by atoms with Gasteiger partial charge in [0.15, 0.2) is 11.0 Å². The Balaban J connectivity index is 1.40. The van der Waals surface area contributed by atoms with Crippen LogP contribution < -0.4 is 10.1 Å². The van der Waals surface area contributed by atoms with Crippen LogP contribution in [0.3, 0.4) is 0 Å². The van der Waals surface area contributed by atoms with Gasteiger partial charge in [-0.3, -0.25) is 4.79 Å². The summed E-state index contributed by atoms with van der Waals surface area (Å²) in [4.78, 5) is 25.1. The molecule has 0 aliphatic rings. The van der Waals surface area contributed by atoms with E-state index in [1.807, 2.05) is 73.1 Å². The number of methoxy groups -OCH3 is 1. The van der Waals surface area contributed by atoms with Crippen LogP contribution in [0.15, 0.2) is 71.2 Å². The van der Waals surface area contributed by atoms with Gasteiger partial charge in [-0.2, -0.15) is 0 Å². The highest BCUT2D eigenvalue weighted by atomic mass is 32.2. The van der Waals surface area contributed by atoms with Crippen molar-refractivity contribution < 1.29 is 19.1 Å². The van der Waals surface area contributed by atoms with Gasteiger partial charge in [0, 0.05) is 18.0 Å². The summed E-state index contributed by atoms with van der Waals surface area (Å²) in [6.45, 7) is 0.264. The smallest absolute Gasteiger partial charge is 0.341 e. The molecule has 0 bridgehead atoms. The molecule has 0 atom stereocenters. The molecule has 1 N–H and O–H groups in total. The number of carbonyl (C=O) groups excluding carboxylic acids is 2. The Morgan fingerprint density at radius 3 is 2.47 bits per heavy atom. The van der Waals surface area contributed by atoms with Gasteiger partial charge in [-0.25, -0.2) is 4.79 Å². The highest BCUT2D eigenvalue weighted by Crippen LogP contribution is 2.36. The first-order chi connectivity index (χ1) is 16.6. The zero-order chi connectivity index (χ0) is 23.9. The lowest BCUT2D eigenvalue weighted by Gasteiger charge is -2.08. The van der Waals surface area contributed by atoms with Gasteiger partial charge in [-0.1, -0.05) is 60.3 Å². The third-order valence-corrected chi connectivity index (χ3v) is 6.80. The minimum absolute atomic E-state index is 0.102. The molecule has 2 aromatic heterocycles. The molecule has 0 unspecified atom stereocenters. The Kier molecular flexibility index (Phi) is 7.61. The number of aromatic nitrogens is 3. The molecule has 4 rings (SSSR count). The van der Waals surface area contributed by atoms with Gasteiger partial charge in [0.1, 0.15) is 22.9 Å². The van der Waals surface area contributed by atoms with Crippen LogP contribution in [0.4, 0.5) is 5.00 Å². The van der Waals surface area contributed by atoms with Crippen molar-refractivity contribution in [1.29, 1.82) is 0 Å². The monoisotopic (exact) mass is 494 g/mol. The average Bonchev–Trinajstić information content (AvgIpc) is 3.45. The van der Waals surface area contributed by atoms with Crippen LogP contribution in [0.25, 0.3) is 11.1 Å². The van der Waals surface area contributed by atoms with E-state index in [9.17, 15) is 9.59 Å². The molecule has 2 aromatic carbocycles. The summed E-state index contributed by atoms with van der Waals surface area (Å²) in [6, 6.07) is 18.9. The molecule has 0 saturated carbocycles. The van der Waals surface area contributed by atoms with Crippen LogP contribution in [0, 0.1) is 0 Å². The van der Waals surface area contributed by atoms with Gasteiger partial charge in [0.05, 0.1) is 12.9 Å². The minimum Gasteiger partial charge on any atom is -0.486 e. The van der Waals surface area contributed by atoms with Crippen LogP contribution in [-0.2, 0) is 23.2 Å². The lowest BCUT2D eigenvalue weighted by molar-refractivity contribution is -0.113. The largest absolute Gasteiger partial charge is 0.486 e. The average molecular weight is 495 g/mol. The molecule has 10 heteroatoms. The van der Waals surface area contributed by atoms with Crippen molar-refractivity contribution in [3.05, 3.63) is 77.4 Å². The zero-order valence-electron chi connectivity index (χ0n) is 18.6. The molecule has 0 aliphatic carbocycles.